The number of fused-ring (bicyclic) bond motifs is 3. The lowest BCUT2D eigenvalue weighted by Gasteiger charge is -2.37. The molecule has 2 aliphatic heterocycles. The minimum absolute atomic E-state index is 0.00641. The average molecular weight is 526 g/mol. The normalized spacial score (nSPS) is 18.4. The van der Waals surface area contributed by atoms with Gasteiger partial charge < -0.3 is 14.6 Å². The minimum atomic E-state index is -3.36. The third-order valence-electron chi connectivity index (χ3n) is 7.24. The van der Waals surface area contributed by atoms with E-state index in [-0.39, 0.29) is 5.75 Å². The summed E-state index contributed by atoms with van der Waals surface area (Å²) in [4.78, 5) is 15.5. The van der Waals surface area contributed by atoms with Crippen LogP contribution in [0, 0.1) is 0 Å². The van der Waals surface area contributed by atoms with Crippen molar-refractivity contribution in [2.75, 3.05) is 70.5 Å². The van der Waals surface area contributed by atoms with E-state index in [2.05, 4.69) is 30.7 Å². The molecule has 0 saturated carbocycles. The molecule has 0 spiro atoms. The van der Waals surface area contributed by atoms with E-state index in [1.165, 1.54) is 11.3 Å². The molecular weight excluding hydrogens is 494 g/mol. The van der Waals surface area contributed by atoms with E-state index < -0.39 is 9.84 Å². The number of nitrogens with zero attached hydrogens (tertiary/aromatic N) is 4. The Morgan fingerprint density at radius 1 is 0.972 bits per heavy atom. The summed E-state index contributed by atoms with van der Waals surface area (Å²) >= 11 is 1.27. The fraction of sp³-hybridized carbons (Fsp3) is 0.423. The van der Waals surface area contributed by atoms with Crippen molar-refractivity contribution in [1.82, 2.24) is 19.8 Å². The number of aromatic nitrogens is 2. The lowest BCUT2D eigenvalue weighted by Crippen LogP contribution is -2.49. The van der Waals surface area contributed by atoms with Gasteiger partial charge in [0.25, 0.3) is 0 Å². The largest absolute Gasteiger partial charge is 0.379 e. The quantitative estimate of drug-likeness (QED) is 0.397. The lowest BCUT2D eigenvalue weighted by atomic mass is 10.1. The summed E-state index contributed by atoms with van der Waals surface area (Å²) < 4.78 is 31.6. The molecule has 190 valence electrons. The van der Waals surface area contributed by atoms with Crippen molar-refractivity contribution < 1.29 is 13.2 Å². The Morgan fingerprint density at radius 2 is 1.75 bits per heavy atom. The van der Waals surface area contributed by atoms with Gasteiger partial charge in [0.1, 0.15) is 9.86 Å². The fourth-order valence-electron chi connectivity index (χ4n) is 5.25. The highest BCUT2D eigenvalue weighted by Crippen LogP contribution is 2.34. The second kappa shape index (κ2) is 10.1. The van der Waals surface area contributed by atoms with E-state index in [0.717, 1.165) is 98.8 Å². The van der Waals surface area contributed by atoms with Crippen molar-refractivity contribution in [1.29, 1.82) is 0 Å². The molecule has 2 fully saturated rings. The van der Waals surface area contributed by atoms with E-state index in [1.54, 1.807) is 17.5 Å². The third kappa shape index (κ3) is 4.88. The van der Waals surface area contributed by atoms with Crippen LogP contribution in [0.1, 0.15) is 5.56 Å². The zero-order valence-corrected chi connectivity index (χ0v) is 21.9. The van der Waals surface area contributed by atoms with E-state index in [4.69, 9.17) is 4.74 Å². The Bertz CT molecular complexity index is 1440. The van der Waals surface area contributed by atoms with E-state index in [1.807, 2.05) is 24.4 Å². The number of ether oxygens (including phenoxy) is 1. The first kappa shape index (κ1) is 23.9. The number of H-pyrrole nitrogens is 1. The van der Waals surface area contributed by atoms with E-state index in [9.17, 15) is 8.42 Å². The van der Waals surface area contributed by atoms with Crippen LogP contribution in [0.5, 0.6) is 0 Å². The first-order valence-electron chi connectivity index (χ1n) is 12.5. The van der Waals surface area contributed by atoms with E-state index in [0.29, 0.717) is 4.21 Å². The summed E-state index contributed by atoms with van der Waals surface area (Å²) in [5, 5.41) is 3.90. The molecule has 8 nitrogen and oxygen atoms in total. The highest BCUT2D eigenvalue weighted by Gasteiger charge is 2.22. The van der Waals surface area contributed by atoms with Crippen molar-refractivity contribution in [2.45, 2.75) is 9.96 Å². The predicted octanol–water partition coefficient (Wildman–Crippen LogP) is 3.21. The smallest absolute Gasteiger partial charge is 0.191 e. The van der Waals surface area contributed by atoms with Gasteiger partial charge in [-0.3, -0.25) is 9.80 Å². The molecule has 6 rings (SSSR count). The Balaban J connectivity index is 1.21. The van der Waals surface area contributed by atoms with Gasteiger partial charge in [0.2, 0.25) is 0 Å². The number of benzene rings is 1. The van der Waals surface area contributed by atoms with Crippen LogP contribution in [0.4, 0.5) is 5.69 Å². The van der Waals surface area contributed by atoms with Gasteiger partial charge in [0, 0.05) is 74.8 Å². The topological polar surface area (TPSA) is 81.8 Å². The third-order valence-corrected chi connectivity index (χ3v) is 10.4. The van der Waals surface area contributed by atoms with Crippen LogP contribution >= 0.6 is 11.3 Å². The van der Waals surface area contributed by atoms with Gasteiger partial charge in [-0.2, -0.15) is 0 Å². The molecule has 0 amide bonds. The van der Waals surface area contributed by atoms with Crippen molar-refractivity contribution >= 4 is 48.8 Å². The molecule has 0 atom stereocenters. The van der Waals surface area contributed by atoms with Crippen LogP contribution in [0.2, 0.25) is 0 Å². The van der Waals surface area contributed by atoms with Gasteiger partial charge in [0.05, 0.1) is 24.7 Å². The number of nitrogens with one attached hydrogen (secondary N) is 1. The average Bonchev–Trinajstić information content (AvgIpc) is 3.57. The standard InChI is InChI=1S/C26H31N5O3S2/c32-36(33,24-2-1-17-35-24)19-20-3-4-22-21(18-20)25-23(5-6-27-26(25)28-22)31-11-9-29(10-12-31)7-8-30-13-15-34-16-14-30/h1-6,17-18H,7-16,19H2,(H,27,28). The Labute approximate surface area is 215 Å². The zero-order valence-electron chi connectivity index (χ0n) is 20.2. The van der Waals surface area contributed by atoms with Gasteiger partial charge >= 0.3 is 0 Å². The number of hydrogen-bond acceptors (Lipinski definition) is 8. The molecule has 2 aliphatic rings. The summed E-state index contributed by atoms with van der Waals surface area (Å²) in [6.45, 7) is 9.93. The van der Waals surface area contributed by atoms with Crippen molar-refractivity contribution in [3.8, 4) is 0 Å². The molecule has 0 unspecified atom stereocenters. The molecule has 10 heteroatoms. The molecule has 0 aliphatic carbocycles. The summed E-state index contributed by atoms with van der Waals surface area (Å²) in [6.07, 6.45) is 1.86. The number of rotatable bonds is 7. The second-order valence-corrected chi connectivity index (χ2v) is 12.7. The first-order chi connectivity index (χ1) is 17.6. The van der Waals surface area contributed by atoms with Crippen LogP contribution in [-0.2, 0) is 20.3 Å². The summed E-state index contributed by atoms with van der Waals surface area (Å²) in [5.41, 5.74) is 3.78. The molecule has 0 radical (unpaired) electrons. The van der Waals surface area contributed by atoms with Crippen LogP contribution in [-0.4, -0.2) is 93.8 Å². The Kier molecular flexibility index (Phi) is 6.70. The number of morpholine rings is 1. The maximum absolute atomic E-state index is 12.9. The molecule has 1 aromatic carbocycles. The maximum Gasteiger partial charge on any atom is 0.191 e. The molecule has 5 heterocycles. The molecule has 1 N–H and O–H groups in total. The number of anilines is 1. The molecular formula is C26H31N5O3S2. The van der Waals surface area contributed by atoms with Crippen molar-refractivity contribution in [3.63, 3.8) is 0 Å². The summed E-state index contributed by atoms with van der Waals surface area (Å²) in [5.74, 6) is -0.00641. The maximum atomic E-state index is 12.9. The summed E-state index contributed by atoms with van der Waals surface area (Å²) in [6, 6.07) is 11.4. The van der Waals surface area contributed by atoms with Crippen LogP contribution in [0.15, 0.2) is 52.2 Å². The lowest BCUT2D eigenvalue weighted by molar-refractivity contribution is 0.0331. The number of piperazine rings is 1. The van der Waals surface area contributed by atoms with Crippen LogP contribution in [0.3, 0.4) is 0 Å². The highest BCUT2D eigenvalue weighted by molar-refractivity contribution is 7.92. The zero-order chi connectivity index (χ0) is 24.5. The monoisotopic (exact) mass is 525 g/mol. The van der Waals surface area contributed by atoms with Gasteiger partial charge in [-0.25, -0.2) is 13.4 Å². The van der Waals surface area contributed by atoms with Gasteiger partial charge in [-0.1, -0.05) is 12.1 Å². The van der Waals surface area contributed by atoms with Crippen molar-refractivity contribution in [2.24, 2.45) is 0 Å². The molecule has 0 bridgehead atoms. The van der Waals surface area contributed by atoms with Crippen LogP contribution < -0.4 is 4.90 Å². The minimum Gasteiger partial charge on any atom is -0.379 e. The number of thiophene rings is 1. The molecule has 2 saturated heterocycles. The Hall–Kier alpha value is -2.50. The van der Waals surface area contributed by atoms with E-state index >= 15 is 0 Å². The molecule has 4 aromatic rings. The van der Waals surface area contributed by atoms with Gasteiger partial charge in [0.15, 0.2) is 9.84 Å². The second-order valence-electron chi connectivity index (χ2n) is 9.53. The summed E-state index contributed by atoms with van der Waals surface area (Å²) in [7, 11) is -3.36. The fourth-order valence-corrected chi connectivity index (χ4v) is 7.68. The van der Waals surface area contributed by atoms with Gasteiger partial charge in [-0.15, -0.1) is 11.3 Å². The van der Waals surface area contributed by atoms with Crippen LogP contribution in [0.25, 0.3) is 21.9 Å². The number of aromatic amines is 1. The Morgan fingerprint density at radius 3 is 2.50 bits per heavy atom. The van der Waals surface area contributed by atoms with Gasteiger partial charge in [-0.05, 0) is 35.2 Å². The number of hydrogen-bond donors (Lipinski definition) is 1. The van der Waals surface area contributed by atoms with Crippen molar-refractivity contribution in [3.05, 3.63) is 53.5 Å². The predicted molar refractivity (Wildman–Crippen MR) is 145 cm³/mol. The highest BCUT2D eigenvalue weighted by atomic mass is 32.2. The molecule has 3 aromatic heterocycles. The SMILES string of the molecule is O=S(=O)(Cc1ccc2[nH]c3nccc(N4CCN(CCN5CCOCC5)CC4)c3c2c1)c1cccs1. The number of sulfone groups is 1. The first-order valence-corrected chi connectivity index (χ1v) is 15.0. The molecule has 36 heavy (non-hydrogen) atoms. The number of pyridine rings is 1.